The van der Waals surface area contributed by atoms with E-state index in [0.29, 0.717) is 45.4 Å². The number of pyridine rings is 1. The van der Waals surface area contributed by atoms with Crippen LogP contribution in [0.1, 0.15) is 34.0 Å². The molecule has 1 aliphatic heterocycles. The molecule has 2 heterocycles. The third-order valence-corrected chi connectivity index (χ3v) is 6.60. The van der Waals surface area contributed by atoms with Gasteiger partial charge in [0.1, 0.15) is 11.5 Å². The minimum Gasteiger partial charge on any atom is -0.507 e. The summed E-state index contributed by atoms with van der Waals surface area (Å²) in [5.74, 6) is -0.126. The Bertz CT molecular complexity index is 1390. The largest absolute Gasteiger partial charge is 0.507 e. The summed E-state index contributed by atoms with van der Waals surface area (Å²) < 4.78 is 21.9. The van der Waals surface area contributed by atoms with E-state index in [-0.39, 0.29) is 17.9 Å². The van der Waals surface area contributed by atoms with Gasteiger partial charge in [-0.05, 0) is 66.9 Å². The van der Waals surface area contributed by atoms with Crippen molar-refractivity contribution in [3.05, 3.63) is 82.2 Å². The molecule has 1 fully saturated rings. The van der Waals surface area contributed by atoms with Crippen molar-refractivity contribution in [2.24, 2.45) is 0 Å². The maximum absolute atomic E-state index is 13.5. The Hall–Kier alpha value is -4.53. The fraction of sp³-hybridized carbons (Fsp3) is 0.276. The summed E-state index contributed by atoms with van der Waals surface area (Å²) in [5.41, 5.74) is 2.92. The van der Waals surface area contributed by atoms with Crippen LogP contribution >= 0.6 is 0 Å². The van der Waals surface area contributed by atoms with Crippen LogP contribution < -0.4 is 18.9 Å². The van der Waals surface area contributed by atoms with E-state index in [1.54, 1.807) is 62.7 Å². The van der Waals surface area contributed by atoms with Crippen molar-refractivity contribution in [1.29, 1.82) is 0 Å². The highest BCUT2D eigenvalue weighted by atomic mass is 16.5. The number of nitrogens with zero attached hydrogens (tertiary/aromatic N) is 2. The number of benzene rings is 2. The Kier molecular flexibility index (Phi) is 7.57. The highest BCUT2D eigenvalue weighted by molar-refractivity contribution is 6.46. The number of ketones is 1. The molecule has 1 aliphatic rings. The number of aliphatic hydroxyl groups is 1. The Labute approximate surface area is 221 Å². The second-order valence-electron chi connectivity index (χ2n) is 8.84. The number of carbonyl (C=O) groups excluding carboxylic acids is 2. The Morgan fingerprint density at radius 2 is 1.55 bits per heavy atom. The lowest BCUT2D eigenvalue weighted by Crippen LogP contribution is -2.29. The van der Waals surface area contributed by atoms with Gasteiger partial charge in [0.25, 0.3) is 11.7 Å². The number of carbonyl (C=O) groups is 2. The molecule has 0 aliphatic carbocycles. The van der Waals surface area contributed by atoms with Gasteiger partial charge in [-0.2, -0.15) is 0 Å². The van der Waals surface area contributed by atoms with Crippen molar-refractivity contribution in [3.8, 4) is 23.0 Å². The summed E-state index contributed by atoms with van der Waals surface area (Å²) >= 11 is 0. The first-order valence-corrected chi connectivity index (χ1v) is 11.9. The number of hydrogen-bond donors (Lipinski definition) is 1. The van der Waals surface area contributed by atoms with Gasteiger partial charge in [0.05, 0.1) is 52.3 Å². The van der Waals surface area contributed by atoms with Crippen LogP contribution in [0.15, 0.2) is 54.2 Å². The molecule has 3 aromatic rings. The van der Waals surface area contributed by atoms with Crippen molar-refractivity contribution in [2.45, 2.75) is 26.4 Å². The molecule has 38 heavy (non-hydrogen) atoms. The Balaban J connectivity index is 1.98. The molecule has 0 bridgehead atoms. The van der Waals surface area contributed by atoms with Crippen LogP contribution in [0.5, 0.6) is 23.0 Å². The number of rotatable bonds is 8. The molecular weight excluding hydrogens is 488 g/mol. The van der Waals surface area contributed by atoms with E-state index in [1.807, 2.05) is 6.92 Å². The second kappa shape index (κ2) is 10.8. The SMILES string of the molecule is COc1cc(C)c(/C(O)=C2\C(=O)C(=O)N(Cc3ccccn3)C2c2cc(OC)c(OC)c(OC)c2)cc1C. The number of hydrogen-bond acceptors (Lipinski definition) is 8. The van der Waals surface area contributed by atoms with Crippen LogP contribution in [0.3, 0.4) is 0 Å². The van der Waals surface area contributed by atoms with Gasteiger partial charge in [0.15, 0.2) is 11.5 Å². The zero-order chi connectivity index (χ0) is 27.6. The summed E-state index contributed by atoms with van der Waals surface area (Å²) in [6.45, 7) is 3.69. The van der Waals surface area contributed by atoms with Crippen molar-refractivity contribution in [3.63, 3.8) is 0 Å². The number of aryl methyl sites for hydroxylation is 2. The van der Waals surface area contributed by atoms with Crippen molar-refractivity contribution < 1.29 is 33.6 Å². The molecule has 9 heteroatoms. The van der Waals surface area contributed by atoms with Crippen LogP contribution in [-0.4, -0.2) is 55.1 Å². The maximum Gasteiger partial charge on any atom is 0.296 e. The highest BCUT2D eigenvalue weighted by Crippen LogP contribution is 2.46. The molecule has 1 unspecified atom stereocenters. The highest BCUT2D eigenvalue weighted by Gasteiger charge is 2.47. The van der Waals surface area contributed by atoms with Crippen molar-refractivity contribution >= 4 is 17.4 Å². The van der Waals surface area contributed by atoms with Crippen LogP contribution in [0.25, 0.3) is 5.76 Å². The lowest BCUT2D eigenvalue weighted by Gasteiger charge is -2.26. The summed E-state index contributed by atoms with van der Waals surface area (Å²) in [5, 5.41) is 11.6. The third-order valence-electron chi connectivity index (χ3n) is 6.60. The van der Waals surface area contributed by atoms with Gasteiger partial charge < -0.3 is 29.0 Å². The molecule has 2 aromatic carbocycles. The predicted octanol–water partition coefficient (Wildman–Crippen LogP) is 4.35. The molecule has 9 nitrogen and oxygen atoms in total. The first kappa shape index (κ1) is 26.5. The lowest BCUT2D eigenvalue weighted by atomic mass is 9.92. The standard InChI is InChI=1S/C29H30N2O7/c1-16-12-21(35-3)17(2)11-20(16)26(32)24-25(18-13-22(36-4)28(38-6)23(14-18)37-5)31(29(34)27(24)33)15-19-9-7-8-10-30-19/h7-14,25,32H,15H2,1-6H3/b26-24+. The van der Waals surface area contributed by atoms with Crippen LogP contribution in [0.2, 0.25) is 0 Å². The molecule has 198 valence electrons. The van der Waals surface area contributed by atoms with E-state index < -0.39 is 17.7 Å². The molecule has 0 saturated carbocycles. The number of likely N-dealkylation sites (tertiary alicyclic amines) is 1. The molecule has 1 N–H and O–H groups in total. The monoisotopic (exact) mass is 518 g/mol. The average Bonchev–Trinajstić information content (AvgIpc) is 3.18. The molecular formula is C29H30N2O7. The van der Waals surface area contributed by atoms with Gasteiger partial charge in [0, 0.05) is 11.8 Å². The van der Waals surface area contributed by atoms with E-state index in [9.17, 15) is 14.7 Å². The van der Waals surface area contributed by atoms with E-state index >= 15 is 0 Å². The van der Waals surface area contributed by atoms with Gasteiger partial charge in [-0.1, -0.05) is 6.07 Å². The van der Waals surface area contributed by atoms with Gasteiger partial charge in [-0.15, -0.1) is 0 Å². The summed E-state index contributed by atoms with van der Waals surface area (Å²) in [6.07, 6.45) is 1.61. The predicted molar refractivity (Wildman–Crippen MR) is 141 cm³/mol. The van der Waals surface area contributed by atoms with Crippen LogP contribution in [0, 0.1) is 13.8 Å². The molecule has 1 saturated heterocycles. The van der Waals surface area contributed by atoms with Crippen LogP contribution in [0.4, 0.5) is 0 Å². The van der Waals surface area contributed by atoms with Gasteiger partial charge >= 0.3 is 0 Å². The summed E-state index contributed by atoms with van der Waals surface area (Å²) in [6, 6.07) is 11.2. The lowest BCUT2D eigenvalue weighted by molar-refractivity contribution is -0.140. The van der Waals surface area contributed by atoms with Gasteiger partial charge in [0.2, 0.25) is 5.75 Å². The molecule has 4 rings (SSSR count). The number of aromatic nitrogens is 1. The van der Waals surface area contributed by atoms with E-state index in [0.717, 1.165) is 5.56 Å². The first-order valence-electron chi connectivity index (χ1n) is 11.9. The second-order valence-corrected chi connectivity index (χ2v) is 8.84. The minimum absolute atomic E-state index is 0.0458. The number of amides is 1. The van der Waals surface area contributed by atoms with Gasteiger partial charge in [-0.25, -0.2) is 0 Å². The smallest absolute Gasteiger partial charge is 0.296 e. The molecule has 0 radical (unpaired) electrons. The number of Topliss-reactive ketones (excluding diaryl/α,β-unsaturated/α-hetero) is 1. The summed E-state index contributed by atoms with van der Waals surface area (Å²) in [4.78, 5) is 32.7. The normalized spacial score (nSPS) is 16.5. The first-order chi connectivity index (χ1) is 18.2. The minimum atomic E-state index is -0.951. The van der Waals surface area contributed by atoms with E-state index in [2.05, 4.69) is 4.98 Å². The van der Waals surface area contributed by atoms with E-state index in [4.69, 9.17) is 18.9 Å². The number of ether oxygens (including phenoxy) is 4. The van der Waals surface area contributed by atoms with E-state index in [1.165, 1.54) is 26.2 Å². The van der Waals surface area contributed by atoms with Gasteiger partial charge in [-0.3, -0.25) is 14.6 Å². The molecule has 1 atom stereocenters. The topological polar surface area (TPSA) is 107 Å². The zero-order valence-corrected chi connectivity index (χ0v) is 22.2. The fourth-order valence-electron chi connectivity index (χ4n) is 4.72. The van der Waals surface area contributed by atoms with Crippen molar-refractivity contribution in [2.75, 3.05) is 28.4 Å². The third kappa shape index (κ3) is 4.63. The molecule has 0 spiro atoms. The number of aliphatic hydroxyl groups excluding tert-OH is 1. The quantitative estimate of drug-likeness (QED) is 0.266. The summed E-state index contributed by atoms with van der Waals surface area (Å²) in [7, 11) is 6.02. The molecule has 1 aromatic heterocycles. The number of methoxy groups -OCH3 is 4. The zero-order valence-electron chi connectivity index (χ0n) is 22.2. The molecule has 1 amide bonds. The average molecular weight is 519 g/mol. The van der Waals surface area contributed by atoms with Crippen molar-refractivity contribution in [1.82, 2.24) is 9.88 Å². The Morgan fingerprint density at radius 1 is 0.895 bits per heavy atom. The van der Waals surface area contributed by atoms with Crippen LogP contribution in [-0.2, 0) is 16.1 Å². The Morgan fingerprint density at radius 3 is 2.11 bits per heavy atom. The fourth-order valence-corrected chi connectivity index (χ4v) is 4.72. The maximum atomic E-state index is 13.5.